The molecule has 1 aliphatic heterocycles. The van der Waals surface area contributed by atoms with Crippen LogP contribution in [0.2, 0.25) is 0 Å². The Hall–Kier alpha value is -3.48. The van der Waals surface area contributed by atoms with Gasteiger partial charge in [0.15, 0.2) is 5.82 Å². The molecule has 142 valence electrons. The van der Waals surface area contributed by atoms with Crippen molar-refractivity contribution in [1.82, 2.24) is 4.98 Å². The average molecular weight is 381 g/mol. The summed E-state index contributed by atoms with van der Waals surface area (Å²) in [5.41, 5.74) is 3.40. The van der Waals surface area contributed by atoms with Crippen molar-refractivity contribution >= 4 is 17.4 Å². The highest BCUT2D eigenvalue weighted by molar-refractivity contribution is 6.04. The molecule has 0 radical (unpaired) electrons. The van der Waals surface area contributed by atoms with Crippen LogP contribution in [0.25, 0.3) is 0 Å². The number of nitrogens with zero attached hydrogens (tertiary/aromatic N) is 2. The number of carbonyl (C=O) groups excluding carboxylic acids is 1. The molecule has 1 aromatic heterocycles. The van der Waals surface area contributed by atoms with Gasteiger partial charge in [-0.2, -0.15) is 0 Å². The number of fused-ring (bicyclic) bond motifs is 1. The molecule has 0 fully saturated rings. The van der Waals surface area contributed by atoms with Gasteiger partial charge in [0.1, 0.15) is 23.9 Å². The van der Waals surface area contributed by atoms with Crippen molar-refractivity contribution in [1.29, 1.82) is 0 Å². The summed E-state index contributed by atoms with van der Waals surface area (Å²) in [6.45, 7) is 2.18. The summed E-state index contributed by atoms with van der Waals surface area (Å²) in [4.78, 5) is 17.9. The van der Waals surface area contributed by atoms with Gasteiger partial charge in [0.25, 0.3) is 0 Å². The zero-order valence-electron chi connectivity index (χ0n) is 15.1. The highest BCUT2D eigenvalue weighted by Crippen LogP contribution is 2.32. The van der Waals surface area contributed by atoms with Crippen molar-refractivity contribution in [3.63, 3.8) is 0 Å². The van der Waals surface area contributed by atoms with Crippen LogP contribution in [0, 0.1) is 18.6 Å². The number of urea groups is 1. The summed E-state index contributed by atoms with van der Waals surface area (Å²) in [6, 6.07) is 13.4. The van der Waals surface area contributed by atoms with Gasteiger partial charge in [-0.05, 0) is 30.2 Å². The molecular formula is C21H17F2N3O2. The molecule has 0 saturated carbocycles. The van der Waals surface area contributed by atoms with Crippen LogP contribution in [0.4, 0.5) is 25.0 Å². The number of amides is 2. The van der Waals surface area contributed by atoms with Crippen molar-refractivity contribution in [3.05, 3.63) is 83.2 Å². The monoisotopic (exact) mass is 381 g/mol. The number of aryl methyl sites for hydroxylation is 1. The van der Waals surface area contributed by atoms with Gasteiger partial charge in [-0.25, -0.2) is 13.6 Å². The molecule has 2 aromatic carbocycles. The lowest BCUT2D eigenvalue weighted by Crippen LogP contribution is -2.39. The van der Waals surface area contributed by atoms with Gasteiger partial charge in [-0.15, -0.1) is 0 Å². The molecule has 5 nitrogen and oxygen atoms in total. The Bertz CT molecular complexity index is 1060. The van der Waals surface area contributed by atoms with Crippen molar-refractivity contribution in [2.45, 2.75) is 20.1 Å². The summed E-state index contributed by atoms with van der Waals surface area (Å²) in [7, 11) is 0. The zero-order valence-corrected chi connectivity index (χ0v) is 15.1. The van der Waals surface area contributed by atoms with Crippen LogP contribution < -0.4 is 15.0 Å². The standard InChI is InChI=1S/C21H17F2N3O2/c1-13-6-7-16(28-12-19-17(23)8-15(22)10-24-19)9-20(13)26-11-14-4-2-3-5-18(14)25-21(26)27/h2-10H,11-12H2,1H3,(H,25,27). The predicted molar refractivity (Wildman–Crippen MR) is 101 cm³/mol. The van der Waals surface area contributed by atoms with Gasteiger partial charge in [0, 0.05) is 17.8 Å². The van der Waals surface area contributed by atoms with Crippen LogP contribution in [-0.4, -0.2) is 11.0 Å². The van der Waals surface area contributed by atoms with E-state index in [9.17, 15) is 13.6 Å². The fourth-order valence-corrected chi connectivity index (χ4v) is 3.07. The molecule has 2 heterocycles. The van der Waals surface area contributed by atoms with Crippen LogP contribution in [0.15, 0.2) is 54.7 Å². The van der Waals surface area contributed by atoms with E-state index in [1.54, 1.807) is 17.0 Å². The van der Waals surface area contributed by atoms with Crippen LogP contribution in [0.1, 0.15) is 16.8 Å². The summed E-state index contributed by atoms with van der Waals surface area (Å²) < 4.78 is 32.3. The van der Waals surface area contributed by atoms with E-state index in [4.69, 9.17) is 4.74 Å². The van der Waals surface area contributed by atoms with E-state index in [0.29, 0.717) is 18.0 Å². The van der Waals surface area contributed by atoms with E-state index < -0.39 is 11.6 Å². The fraction of sp³-hybridized carbons (Fsp3) is 0.143. The molecule has 0 saturated heterocycles. The summed E-state index contributed by atoms with van der Waals surface area (Å²) >= 11 is 0. The topological polar surface area (TPSA) is 54.5 Å². The SMILES string of the molecule is Cc1ccc(OCc2ncc(F)cc2F)cc1N1Cc2ccccc2NC1=O. The van der Waals surface area contributed by atoms with Gasteiger partial charge in [-0.1, -0.05) is 24.3 Å². The number of ether oxygens (including phenoxy) is 1. The molecule has 1 N–H and O–H groups in total. The number of halogens is 2. The predicted octanol–water partition coefficient (Wildman–Crippen LogP) is 4.80. The van der Waals surface area contributed by atoms with E-state index in [1.165, 1.54) is 0 Å². The molecule has 4 rings (SSSR count). The van der Waals surface area contributed by atoms with Crippen LogP contribution in [0.5, 0.6) is 5.75 Å². The second-order valence-electron chi connectivity index (χ2n) is 6.49. The van der Waals surface area contributed by atoms with Gasteiger partial charge >= 0.3 is 6.03 Å². The Morgan fingerprint density at radius 3 is 2.82 bits per heavy atom. The maximum absolute atomic E-state index is 13.7. The largest absolute Gasteiger partial charge is 0.487 e. The number of aromatic nitrogens is 1. The Labute approximate surface area is 160 Å². The quantitative estimate of drug-likeness (QED) is 0.706. The number of rotatable bonds is 4. The number of anilines is 2. The van der Waals surface area contributed by atoms with Gasteiger partial charge < -0.3 is 10.1 Å². The number of hydrogen-bond donors (Lipinski definition) is 1. The molecule has 0 aliphatic carbocycles. The van der Waals surface area contributed by atoms with Crippen LogP contribution in [-0.2, 0) is 13.2 Å². The second kappa shape index (κ2) is 7.26. The van der Waals surface area contributed by atoms with E-state index in [1.807, 2.05) is 37.3 Å². The molecule has 0 bridgehead atoms. The zero-order chi connectivity index (χ0) is 19.7. The first-order valence-corrected chi connectivity index (χ1v) is 8.71. The minimum atomic E-state index is -0.764. The molecule has 0 spiro atoms. The van der Waals surface area contributed by atoms with E-state index >= 15 is 0 Å². The second-order valence-corrected chi connectivity index (χ2v) is 6.49. The maximum atomic E-state index is 13.7. The third-order valence-electron chi connectivity index (χ3n) is 4.56. The number of pyridine rings is 1. The Morgan fingerprint density at radius 2 is 2.00 bits per heavy atom. The molecular weight excluding hydrogens is 364 g/mol. The smallest absolute Gasteiger partial charge is 0.326 e. The lowest BCUT2D eigenvalue weighted by molar-refractivity contribution is 0.256. The van der Waals surface area contributed by atoms with Gasteiger partial charge in [0.05, 0.1) is 18.4 Å². The first-order chi connectivity index (χ1) is 13.5. The molecule has 0 unspecified atom stereocenters. The lowest BCUT2D eigenvalue weighted by atomic mass is 10.1. The van der Waals surface area contributed by atoms with Gasteiger partial charge in [0.2, 0.25) is 0 Å². The molecule has 28 heavy (non-hydrogen) atoms. The van der Waals surface area contributed by atoms with Gasteiger partial charge in [-0.3, -0.25) is 9.88 Å². The maximum Gasteiger partial charge on any atom is 0.326 e. The Morgan fingerprint density at radius 1 is 1.18 bits per heavy atom. The first-order valence-electron chi connectivity index (χ1n) is 8.71. The van der Waals surface area contributed by atoms with Crippen molar-refractivity contribution < 1.29 is 18.3 Å². The molecule has 2 amide bonds. The number of carbonyl (C=O) groups is 1. The third-order valence-corrected chi connectivity index (χ3v) is 4.56. The minimum absolute atomic E-state index is 0.00756. The molecule has 3 aromatic rings. The molecule has 7 heteroatoms. The molecule has 1 aliphatic rings. The Kier molecular flexibility index (Phi) is 4.65. The number of para-hydroxylation sites is 1. The van der Waals surface area contributed by atoms with Crippen molar-refractivity contribution in [2.75, 3.05) is 10.2 Å². The van der Waals surface area contributed by atoms with Crippen molar-refractivity contribution in [2.24, 2.45) is 0 Å². The first kappa shape index (κ1) is 17.9. The summed E-state index contributed by atoms with van der Waals surface area (Å²) in [5.74, 6) is -1.05. The fourth-order valence-electron chi connectivity index (χ4n) is 3.07. The number of hydrogen-bond acceptors (Lipinski definition) is 3. The minimum Gasteiger partial charge on any atom is -0.487 e. The normalized spacial score (nSPS) is 13.1. The lowest BCUT2D eigenvalue weighted by Gasteiger charge is -2.30. The van der Waals surface area contributed by atoms with E-state index in [-0.39, 0.29) is 18.3 Å². The average Bonchev–Trinajstić information content (AvgIpc) is 2.68. The van der Waals surface area contributed by atoms with Crippen LogP contribution in [0.3, 0.4) is 0 Å². The summed E-state index contributed by atoms with van der Waals surface area (Å²) in [5, 5.41) is 2.88. The van der Waals surface area contributed by atoms with E-state index in [2.05, 4.69) is 10.3 Å². The van der Waals surface area contributed by atoms with E-state index in [0.717, 1.165) is 29.1 Å². The highest BCUT2D eigenvalue weighted by Gasteiger charge is 2.25. The van der Waals surface area contributed by atoms with Crippen LogP contribution >= 0.6 is 0 Å². The summed E-state index contributed by atoms with van der Waals surface area (Å²) in [6.07, 6.45) is 0.942. The van der Waals surface area contributed by atoms with Crippen molar-refractivity contribution in [3.8, 4) is 5.75 Å². The number of benzene rings is 2. The number of nitrogens with one attached hydrogen (secondary N) is 1. The third kappa shape index (κ3) is 3.51. The molecule has 0 atom stereocenters. The Balaban J connectivity index is 1.56. The highest BCUT2D eigenvalue weighted by atomic mass is 19.1.